The summed E-state index contributed by atoms with van der Waals surface area (Å²) in [7, 11) is 0. The molecule has 4 rings (SSSR count). The Morgan fingerprint density at radius 2 is 1.31 bits per heavy atom. The molecule has 0 aliphatic rings. The highest BCUT2D eigenvalue weighted by molar-refractivity contribution is 5.84. The number of halogens is 3. The van der Waals surface area contributed by atoms with Crippen LogP contribution in [0.2, 0.25) is 0 Å². The van der Waals surface area contributed by atoms with Gasteiger partial charge >= 0.3 is 0 Å². The molecule has 142 valence electrons. The highest BCUT2D eigenvalue weighted by Gasteiger charge is 2.10. The second kappa shape index (κ2) is 7.85. The summed E-state index contributed by atoms with van der Waals surface area (Å²) in [5.74, 6) is 3.68. The Labute approximate surface area is 167 Å². The van der Waals surface area contributed by atoms with Gasteiger partial charge in [0.15, 0.2) is 0 Å². The van der Waals surface area contributed by atoms with E-state index in [0.29, 0.717) is 11.1 Å². The molecule has 0 radical (unpaired) electrons. The van der Waals surface area contributed by atoms with Gasteiger partial charge in [0.2, 0.25) is 0 Å². The summed E-state index contributed by atoms with van der Waals surface area (Å²) in [5.41, 5.74) is 2.72. The van der Waals surface area contributed by atoms with Gasteiger partial charge in [0.1, 0.15) is 17.5 Å². The van der Waals surface area contributed by atoms with Crippen LogP contribution in [0.5, 0.6) is 0 Å². The van der Waals surface area contributed by atoms with Crippen LogP contribution in [0, 0.1) is 29.3 Å². The van der Waals surface area contributed by atoms with Gasteiger partial charge in [-0.25, -0.2) is 13.2 Å². The molecule has 0 unspecified atom stereocenters. The summed E-state index contributed by atoms with van der Waals surface area (Å²) in [4.78, 5) is 0. The Kier molecular flexibility index (Phi) is 5.10. The van der Waals surface area contributed by atoms with Crippen LogP contribution in [0.15, 0.2) is 72.8 Å². The molecule has 0 spiro atoms. The molecule has 0 bridgehead atoms. The first-order valence-electron chi connectivity index (χ1n) is 9.33. The van der Waals surface area contributed by atoms with Crippen molar-refractivity contribution in [1.29, 1.82) is 0 Å². The summed E-state index contributed by atoms with van der Waals surface area (Å²) in [6.45, 7) is 2.05. The average molecular weight is 386 g/mol. The Bertz CT molecular complexity index is 1240. The van der Waals surface area contributed by atoms with Crippen molar-refractivity contribution < 1.29 is 13.2 Å². The minimum atomic E-state index is -0.699. The second-order valence-electron chi connectivity index (χ2n) is 6.82. The van der Waals surface area contributed by atoms with Gasteiger partial charge in [-0.3, -0.25) is 0 Å². The monoisotopic (exact) mass is 386 g/mol. The summed E-state index contributed by atoms with van der Waals surface area (Å²) < 4.78 is 42.4. The van der Waals surface area contributed by atoms with E-state index >= 15 is 0 Å². The zero-order chi connectivity index (χ0) is 20.4. The molecule has 4 aromatic rings. The number of benzene rings is 4. The summed E-state index contributed by atoms with van der Waals surface area (Å²) in [6.07, 6.45) is 0.904. The highest BCUT2D eigenvalue weighted by atomic mass is 19.1. The smallest absolute Gasteiger partial charge is 0.142 e. The normalized spacial score (nSPS) is 10.6. The maximum atomic E-state index is 14.6. The Morgan fingerprint density at radius 3 is 2.00 bits per heavy atom. The van der Waals surface area contributed by atoms with Crippen molar-refractivity contribution >= 4 is 10.8 Å². The molecule has 0 amide bonds. The fourth-order valence-electron chi connectivity index (χ4n) is 3.22. The van der Waals surface area contributed by atoms with E-state index in [1.807, 2.05) is 24.3 Å². The molecule has 0 saturated carbocycles. The van der Waals surface area contributed by atoms with Crippen LogP contribution in [0.4, 0.5) is 13.2 Å². The lowest BCUT2D eigenvalue weighted by molar-refractivity contribution is 0.578. The molecular formula is C26H17F3. The summed E-state index contributed by atoms with van der Waals surface area (Å²) >= 11 is 0. The van der Waals surface area contributed by atoms with Crippen molar-refractivity contribution in [3.05, 3.63) is 107 Å². The highest BCUT2D eigenvalue weighted by Crippen LogP contribution is 2.25. The number of hydrogen-bond donors (Lipinski definition) is 0. The van der Waals surface area contributed by atoms with Crippen molar-refractivity contribution in [2.24, 2.45) is 0 Å². The van der Waals surface area contributed by atoms with Crippen molar-refractivity contribution in [1.82, 2.24) is 0 Å². The van der Waals surface area contributed by atoms with Crippen LogP contribution in [-0.4, -0.2) is 0 Å². The molecular weight excluding hydrogens is 369 g/mol. The van der Waals surface area contributed by atoms with Crippen LogP contribution >= 0.6 is 0 Å². The van der Waals surface area contributed by atoms with E-state index in [2.05, 4.69) is 18.8 Å². The summed E-state index contributed by atoms with van der Waals surface area (Å²) in [6, 6.07) is 19.9. The number of rotatable bonds is 2. The van der Waals surface area contributed by atoms with E-state index in [-0.39, 0.29) is 11.4 Å². The zero-order valence-corrected chi connectivity index (χ0v) is 15.8. The number of aryl methyl sites for hydroxylation is 1. The van der Waals surface area contributed by atoms with Crippen molar-refractivity contribution in [2.45, 2.75) is 13.3 Å². The van der Waals surface area contributed by atoms with E-state index in [0.717, 1.165) is 28.3 Å². The van der Waals surface area contributed by atoms with Crippen LogP contribution in [-0.2, 0) is 6.42 Å². The topological polar surface area (TPSA) is 0 Å². The lowest BCUT2D eigenvalue weighted by atomic mass is 10.0. The van der Waals surface area contributed by atoms with E-state index in [9.17, 15) is 13.2 Å². The fourth-order valence-corrected chi connectivity index (χ4v) is 3.22. The van der Waals surface area contributed by atoms with Crippen LogP contribution in [0.3, 0.4) is 0 Å². The summed E-state index contributed by atoms with van der Waals surface area (Å²) in [5, 5.41) is 1.55. The third-order valence-corrected chi connectivity index (χ3v) is 4.87. The third kappa shape index (κ3) is 4.02. The SMILES string of the molecule is CCc1ccc(-c2cc(F)c(C#Cc3ccc4cc(F)ccc4c3)c(F)c2)cc1. The number of hydrogen-bond acceptors (Lipinski definition) is 0. The van der Waals surface area contributed by atoms with Gasteiger partial charge in [0.05, 0.1) is 5.56 Å². The first kappa shape index (κ1) is 18.8. The molecule has 0 N–H and O–H groups in total. The van der Waals surface area contributed by atoms with E-state index in [1.54, 1.807) is 24.3 Å². The predicted octanol–water partition coefficient (Wildman–Crippen LogP) is 6.89. The van der Waals surface area contributed by atoms with Gasteiger partial charge in [-0.1, -0.05) is 55.2 Å². The third-order valence-electron chi connectivity index (χ3n) is 4.87. The molecule has 0 atom stereocenters. The second-order valence-corrected chi connectivity index (χ2v) is 6.82. The lowest BCUT2D eigenvalue weighted by Crippen LogP contribution is -1.93. The predicted molar refractivity (Wildman–Crippen MR) is 111 cm³/mol. The largest absolute Gasteiger partial charge is 0.207 e. The van der Waals surface area contributed by atoms with E-state index in [4.69, 9.17) is 0 Å². The van der Waals surface area contributed by atoms with Crippen molar-refractivity contribution in [3.8, 4) is 23.0 Å². The molecule has 0 fully saturated rings. The van der Waals surface area contributed by atoms with Gasteiger partial charge in [-0.2, -0.15) is 0 Å². The minimum Gasteiger partial charge on any atom is -0.207 e. The zero-order valence-electron chi connectivity index (χ0n) is 15.8. The van der Waals surface area contributed by atoms with Crippen LogP contribution in [0.25, 0.3) is 21.9 Å². The molecule has 0 aliphatic carbocycles. The van der Waals surface area contributed by atoms with Gasteiger partial charge < -0.3 is 0 Å². The molecule has 0 aliphatic heterocycles. The maximum absolute atomic E-state index is 14.6. The van der Waals surface area contributed by atoms with Crippen molar-refractivity contribution in [2.75, 3.05) is 0 Å². The minimum absolute atomic E-state index is 0.266. The van der Waals surface area contributed by atoms with Gasteiger partial charge in [0.25, 0.3) is 0 Å². The molecule has 3 heteroatoms. The van der Waals surface area contributed by atoms with Crippen molar-refractivity contribution in [3.63, 3.8) is 0 Å². The van der Waals surface area contributed by atoms with Gasteiger partial charge in [-0.05, 0) is 70.3 Å². The van der Waals surface area contributed by atoms with E-state index < -0.39 is 11.6 Å². The van der Waals surface area contributed by atoms with Gasteiger partial charge in [-0.15, -0.1) is 0 Å². The standard InChI is InChI=1S/C26H17F3/c1-2-17-3-7-19(8-4-17)22-15-25(28)24(26(29)16-22)12-6-18-5-9-21-14-23(27)11-10-20(21)13-18/h3-5,7-11,13-16H,2H2,1H3. The first-order valence-corrected chi connectivity index (χ1v) is 9.33. The number of fused-ring (bicyclic) bond motifs is 1. The van der Waals surface area contributed by atoms with Crippen LogP contribution in [0.1, 0.15) is 23.6 Å². The Balaban J connectivity index is 1.67. The lowest BCUT2D eigenvalue weighted by Gasteiger charge is -2.06. The molecule has 4 aromatic carbocycles. The molecule has 29 heavy (non-hydrogen) atoms. The average Bonchev–Trinajstić information content (AvgIpc) is 2.73. The van der Waals surface area contributed by atoms with E-state index in [1.165, 1.54) is 24.3 Å². The molecule has 0 nitrogen and oxygen atoms in total. The first-order chi connectivity index (χ1) is 14.0. The molecule has 0 aromatic heterocycles. The fraction of sp³-hybridized carbons (Fsp3) is 0.0769. The molecule has 0 heterocycles. The van der Waals surface area contributed by atoms with Crippen LogP contribution < -0.4 is 0 Å². The quantitative estimate of drug-likeness (QED) is 0.329. The Morgan fingerprint density at radius 1 is 0.655 bits per heavy atom. The van der Waals surface area contributed by atoms with Gasteiger partial charge in [0, 0.05) is 5.56 Å². The maximum Gasteiger partial charge on any atom is 0.142 e. The Hall–Kier alpha value is -3.51. The molecule has 0 saturated heterocycles.